The fourth-order valence-corrected chi connectivity index (χ4v) is 2.30. The zero-order valence-corrected chi connectivity index (χ0v) is 12.7. The topological polar surface area (TPSA) is 73.0 Å². The Morgan fingerprint density at radius 3 is 2.78 bits per heavy atom. The summed E-state index contributed by atoms with van der Waals surface area (Å²) >= 11 is 0. The lowest BCUT2D eigenvalue weighted by molar-refractivity contribution is 0.0953. The Kier molecular flexibility index (Phi) is 4.83. The van der Waals surface area contributed by atoms with Crippen LogP contribution in [0, 0.1) is 0 Å². The third-order valence-corrected chi connectivity index (χ3v) is 3.55. The first-order valence-corrected chi connectivity index (χ1v) is 7.52. The van der Waals surface area contributed by atoms with Crippen LogP contribution in [0.1, 0.15) is 27.9 Å². The van der Waals surface area contributed by atoms with Crippen LogP contribution in [-0.2, 0) is 13.0 Å². The molecular weight excluding hydrogens is 292 g/mol. The molecule has 0 atom stereocenters. The molecule has 1 amide bonds. The predicted molar refractivity (Wildman–Crippen MR) is 84.9 cm³/mol. The first-order valence-electron chi connectivity index (χ1n) is 7.52. The van der Waals surface area contributed by atoms with Crippen molar-refractivity contribution >= 4 is 5.91 Å². The van der Waals surface area contributed by atoms with Crippen molar-refractivity contribution in [3.8, 4) is 0 Å². The molecule has 6 nitrogen and oxygen atoms in total. The molecule has 0 fully saturated rings. The summed E-state index contributed by atoms with van der Waals surface area (Å²) in [5, 5.41) is 6.57. The number of aromatic nitrogens is 3. The van der Waals surface area contributed by atoms with E-state index in [0.717, 1.165) is 30.5 Å². The number of hydrogen-bond donors (Lipinski definition) is 1. The fourth-order valence-electron chi connectivity index (χ4n) is 2.30. The largest absolute Gasteiger partial charge is 0.364 e. The molecule has 0 spiro atoms. The molecule has 118 valence electrons. The number of rotatable bonds is 7. The molecule has 2 aromatic heterocycles. The summed E-state index contributed by atoms with van der Waals surface area (Å²) in [5.41, 5.74) is 2.85. The van der Waals surface area contributed by atoms with Crippen molar-refractivity contribution in [2.75, 3.05) is 6.54 Å². The Bertz CT molecular complexity index is 719. The predicted octanol–water partition coefficient (Wildman–Crippen LogP) is 2.28. The third kappa shape index (κ3) is 4.29. The average Bonchev–Trinajstić information content (AvgIpc) is 3.26. The smallest absolute Gasteiger partial charge is 0.251 e. The van der Waals surface area contributed by atoms with E-state index in [2.05, 4.69) is 15.5 Å². The quantitative estimate of drug-likeness (QED) is 0.680. The second-order valence-electron chi connectivity index (χ2n) is 5.32. The lowest BCUT2D eigenvalue weighted by Crippen LogP contribution is -2.24. The molecule has 0 saturated carbocycles. The molecule has 0 saturated heterocycles. The van der Waals surface area contributed by atoms with Crippen LogP contribution in [0.2, 0.25) is 0 Å². The molecular formula is C17H18N4O2. The van der Waals surface area contributed by atoms with Crippen LogP contribution >= 0.6 is 0 Å². The number of hydrogen-bond acceptors (Lipinski definition) is 4. The van der Waals surface area contributed by atoms with Crippen LogP contribution in [0.3, 0.4) is 0 Å². The van der Waals surface area contributed by atoms with Crippen LogP contribution in [-0.4, -0.2) is 27.2 Å². The van der Waals surface area contributed by atoms with E-state index in [9.17, 15) is 4.79 Å². The van der Waals surface area contributed by atoms with E-state index in [1.54, 1.807) is 25.0 Å². The summed E-state index contributed by atoms with van der Waals surface area (Å²) in [6.07, 6.45) is 10.5. The molecule has 0 aliphatic carbocycles. The summed E-state index contributed by atoms with van der Waals surface area (Å²) < 4.78 is 6.75. The maximum absolute atomic E-state index is 12.1. The normalized spacial score (nSPS) is 10.6. The minimum Gasteiger partial charge on any atom is -0.364 e. The summed E-state index contributed by atoms with van der Waals surface area (Å²) in [6, 6.07) is 7.63. The molecule has 23 heavy (non-hydrogen) atoms. The lowest BCUT2D eigenvalue weighted by Gasteiger charge is -2.06. The Labute approximate surface area is 134 Å². The van der Waals surface area contributed by atoms with Gasteiger partial charge in [-0.25, -0.2) is 4.98 Å². The first kappa shape index (κ1) is 15.0. The summed E-state index contributed by atoms with van der Waals surface area (Å²) in [4.78, 5) is 16.1. The minimum absolute atomic E-state index is 0.0514. The van der Waals surface area contributed by atoms with Gasteiger partial charge in [0.05, 0.1) is 12.5 Å². The van der Waals surface area contributed by atoms with Gasteiger partial charge in [-0.2, -0.15) is 0 Å². The molecule has 0 radical (unpaired) electrons. The van der Waals surface area contributed by atoms with Gasteiger partial charge in [-0.1, -0.05) is 17.3 Å². The number of carbonyl (C=O) groups excluding carboxylic acids is 1. The second-order valence-corrected chi connectivity index (χ2v) is 5.32. The van der Waals surface area contributed by atoms with E-state index in [4.69, 9.17) is 4.52 Å². The van der Waals surface area contributed by atoms with Crippen molar-refractivity contribution in [3.63, 3.8) is 0 Å². The zero-order valence-electron chi connectivity index (χ0n) is 12.7. The molecule has 0 aliphatic heterocycles. The molecule has 3 rings (SSSR count). The number of carbonyl (C=O) groups is 1. The van der Waals surface area contributed by atoms with Crippen LogP contribution in [0.4, 0.5) is 0 Å². The number of nitrogens with zero attached hydrogens (tertiary/aromatic N) is 3. The minimum atomic E-state index is -0.0514. The van der Waals surface area contributed by atoms with E-state index >= 15 is 0 Å². The molecule has 6 heteroatoms. The molecule has 3 aromatic rings. The maximum atomic E-state index is 12.1. The highest BCUT2D eigenvalue weighted by molar-refractivity contribution is 5.94. The van der Waals surface area contributed by atoms with Gasteiger partial charge < -0.3 is 14.4 Å². The summed E-state index contributed by atoms with van der Waals surface area (Å²) in [6.45, 7) is 1.38. The number of imidazole rings is 1. The second kappa shape index (κ2) is 7.40. The standard InChI is InChI=1S/C17H18N4O2/c22-17(19-7-1-2-15-10-20-23-12-15)16-5-3-14(4-6-16)11-21-9-8-18-13-21/h3-6,8-10,12-13H,1-2,7,11H2,(H,19,22). The van der Waals surface area contributed by atoms with Gasteiger partial charge in [0.2, 0.25) is 0 Å². The van der Waals surface area contributed by atoms with Gasteiger partial charge in [-0.05, 0) is 30.5 Å². The Morgan fingerprint density at radius 2 is 2.09 bits per heavy atom. The van der Waals surface area contributed by atoms with Gasteiger partial charge in [0.25, 0.3) is 5.91 Å². The average molecular weight is 310 g/mol. The van der Waals surface area contributed by atoms with Crippen molar-refractivity contribution in [2.45, 2.75) is 19.4 Å². The van der Waals surface area contributed by atoms with Gasteiger partial charge in [-0.15, -0.1) is 0 Å². The highest BCUT2D eigenvalue weighted by atomic mass is 16.5. The SMILES string of the molecule is O=C(NCCCc1cnoc1)c1ccc(Cn2ccnc2)cc1. The number of amides is 1. The van der Waals surface area contributed by atoms with Gasteiger partial charge in [0.15, 0.2) is 0 Å². The molecule has 0 bridgehead atoms. The Balaban J connectivity index is 1.45. The van der Waals surface area contributed by atoms with Gasteiger partial charge >= 0.3 is 0 Å². The van der Waals surface area contributed by atoms with Gasteiger partial charge in [0.1, 0.15) is 6.26 Å². The molecule has 1 aromatic carbocycles. The number of aryl methyl sites for hydroxylation is 1. The first-order chi connectivity index (χ1) is 11.3. The summed E-state index contributed by atoms with van der Waals surface area (Å²) in [7, 11) is 0. The van der Waals surface area contributed by atoms with E-state index in [1.165, 1.54) is 0 Å². The van der Waals surface area contributed by atoms with E-state index < -0.39 is 0 Å². The number of benzene rings is 1. The van der Waals surface area contributed by atoms with Crippen LogP contribution in [0.25, 0.3) is 0 Å². The third-order valence-electron chi connectivity index (χ3n) is 3.55. The lowest BCUT2D eigenvalue weighted by atomic mass is 10.1. The van der Waals surface area contributed by atoms with Crippen LogP contribution < -0.4 is 5.32 Å². The van der Waals surface area contributed by atoms with E-state index in [-0.39, 0.29) is 5.91 Å². The van der Waals surface area contributed by atoms with Gasteiger partial charge in [-0.3, -0.25) is 4.79 Å². The van der Waals surface area contributed by atoms with Gasteiger partial charge in [0, 0.05) is 36.6 Å². The summed E-state index contributed by atoms with van der Waals surface area (Å²) in [5.74, 6) is -0.0514. The van der Waals surface area contributed by atoms with Crippen LogP contribution in [0.15, 0.2) is 60.0 Å². The number of nitrogens with one attached hydrogen (secondary N) is 1. The maximum Gasteiger partial charge on any atom is 0.251 e. The molecule has 0 aliphatic rings. The molecule has 1 N–H and O–H groups in total. The highest BCUT2D eigenvalue weighted by Gasteiger charge is 2.05. The Hall–Kier alpha value is -2.89. The fraction of sp³-hybridized carbons (Fsp3) is 0.235. The zero-order chi connectivity index (χ0) is 15.9. The van der Waals surface area contributed by atoms with Crippen LogP contribution in [0.5, 0.6) is 0 Å². The monoisotopic (exact) mass is 310 g/mol. The highest BCUT2D eigenvalue weighted by Crippen LogP contribution is 2.07. The van der Waals surface area contributed by atoms with Crippen molar-refractivity contribution in [1.29, 1.82) is 0 Å². The Morgan fingerprint density at radius 1 is 1.22 bits per heavy atom. The van der Waals surface area contributed by atoms with Crippen molar-refractivity contribution in [2.24, 2.45) is 0 Å². The van der Waals surface area contributed by atoms with Crippen molar-refractivity contribution < 1.29 is 9.32 Å². The van der Waals surface area contributed by atoms with Crippen molar-refractivity contribution in [3.05, 3.63) is 72.1 Å². The molecule has 2 heterocycles. The van der Waals surface area contributed by atoms with Crippen molar-refractivity contribution in [1.82, 2.24) is 20.0 Å². The molecule has 0 unspecified atom stereocenters. The van der Waals surface area contributed by atoms with E-state index in [0.29, 0.717) is 12.1 Å². The van der Waals surface area contributed by atoms with E-state index in [1.807, 2.05) is 35.0 Å².